The van der Waals surface area contributed by atoms with Gasteiger partial charge in [-0.1, -0.05) is 6.07 Å². The molecule has 0 unspecified atom stereocenters. The molecule has 2 rings (SSSR count). The minimum atomic E-state index is -3.38. The lowest BCUT2D eigenvalue weighted by atomic mass is 10.2. The summed E-state index contributed by atoms with van der Waals surface area (Å²) in [6.07, 6.45) is 3.18. The van der Waals surface area contributed by atoms with Gasteiger partial charge in [-0.15, -0.1) is 0 Å². The van der Waals surface area contributed by atoms with Crippen molar-refractivity contribution >= 4 is 27.3 Å². The van der Waals surface area contributed by atoms with Gasteiger partial charge in [0.05, 0.1) is 11.9 Å². The molecule has 0 spiro atoms. The van der Waals surface area contributed by atoms with Crippen LogP contribution < -0.4 is 9.21 Å². The number of hydrogen-bond acceptors (Lipinski definition) is 4. The first kappa shape index (κ1) is 16.8. The molecule has 0 saturated carbocycles. The second kappa shape index (κ2) is 7.11. The Bertz CT molecular complexity index is 630. The second-order valence-corrected chi connectivity index (χ2v) is 7.26. The van der Waals surface area contributed by atoms with Gasteiger partial charge in [0.15, 0.2) is 0 Å². The first-order valence-electron chi connectivity index (χ1n) is 7.30. The van der Waals surface area contributed by atoms with Gasteiger partial charge >= 0.3 is 0 Å². The van der Waals surface area contributed by atoms with Crippen LogP contribution >= 0.6 is 0 Å². The van der Waals surface area contributed by atoms with Gasteiger partial charge in [-0.25, -0.2) is 8.42 Å². The maximum atomic E-state index is 12.0. The van der Waals surface area contributed by atoms with E-state index in [-0.39, 0.29) is 5.91 Å². The number of anilines is 2. The molecule has 0 bridgehead atoms. The molecule has 6 nitrogen and oxygen atoms in total. The molecule has 1 aromatic carbocycles. The fraction of sp³-hybridized carbons (Fsp3) is 0.533. The van der Waals surface area contributed by atoms with Crippen molar-refractivity contribution in [2.45, 2.75) is 19.3 Å². The van der Waals surface area contributed by atoms with E-state index in [9.17, 15) is 13.2 Å². The molecule has 0 aromatic heterocycles. The minimum Gasteiger partial charge on any atom is -0.385 e. The standard InChI is InChI=1S/C15H22N2O4S/c1-21-11-5-10-17(22(2,19)20)14-7-3-6-13(12-14)16-9-4-8-15(16)18/h3,6-7,12H,4-5,8-11H2,1-2H3. The summed E-state index contributed by atoms with van der Waals surface area (Å²) in [5, 5.41) is 0. The van der Waals surface area contributed by atoms with Gasteiger partial charge in [0, 0.05) is 38.9 Å². The average molecular weight is 326 g/mol. The summed E-state index contributed by atoms with van der Waals surface area (Å²) in [6.45, 7) is 1.53. The van der Waals surface area contributed by atoms with Crippen molar-refractivity contribution in [2.24, 2.45) is 0 Å². The van der Waals surface area contributed by atoms with E-state index < -0.39 is 10.0 Å². The quantitative estimate of drug-likeness (QED) is 0.714. The number of amides is 1. The Morgan fingerprint density at radius 2 is 2.14 bits per heavy atom. The van der Waals surface area contributed by atoms with Crippen LogP contribution in [0.5, 0.6) is 0 Å². The number of nitrogens with zero attached hydrogens (tertiary/aromatic N) is 2. The first-order chi connectivity index (χ1) is 10.4. The number of methoxy groups -OCH3 is 1. The van der Waals surface area contributed by atoms with Crippen LogP contribution in [0.25, 0.3) is 0 Å². The number of sulfonamides is 1. The van der Waals surface area contributed by atoms with Crippen molar-refractivity contribution in [1.29, 1.82) is 0 Å². The zero-order valence-electron chi connectivity index (χ0n) is 13.0. The summed E-state index contributed by atoms with van der Waals surface area (Å²) in [5.74, 6) is 0.0856. The Kier molecular flexibility index (Phi) is 5.42. The van der Waals surface area contributed by atoms with Crippen molar-refractivity contribution in [3.63, 3.8) is 0 Å². The molecule has 1 aromatic rings. The maximum Gasteiger partial charge on any atom is 0.232 e. The van der Waals surface area contributed by atoms with E-state index in [1.807, 2.05) is 6.07 Å². The van der Waals surface area contributed by atoms with Gasteiger partial charge in [-0.3, -0.25) is 9.10 Å². The molecule has 22 heavy (non-hydrogen) atoms. The maximum absolute atomic E-state index is 12.0. The Morgan fingerprint density at radius 3 is 2.73 bits per heavy atom. The van der Waals surface area contributed by atoms with Crippen molar-refractivity contribution < 1.29 is 17.9 Å². The summed E-state index contributed by atoms with van der Waals surface area (Å²) in [5.41, 5.74) is 1.33. The van der Waals surface area contributed by atoms with Gasteiger partial charge in [-0.05, 0) is 31.0 Å². The predicted octanol–water partition coefficient (Wildman–Crippen LogP) is 1.62. The Balaban J connectivity index is 2.26. The minimum absolute atomic E-state index is 0.0856. The van der Waals surface area contributed by atoms with Gasteiger partial charge in [0.25, 0.3) is 0 Å². The third-order valence-corrected chi connectivity index (χ3v) is 4.81. The molecule has 1 heterocycles. The van der Waals surface area contributed by atoms with E-state index >= 15 is 0 Å². The first-order valence-corrected chi connectivity index (χ1v) is 9.15. The molecule has 1 fully saturated rings. The zero-order chi connectivity index (χ0) is 16.2. The summed E-state index contributed by atoms with van der Waals surface area (Å²) in [7, 11) is -1.79. The largest absolute Gasteiger partial charge is 0.385 e. The van der Waals surface area contributed by atoms with Crippen LogP contribution in [0.3, 0.4) is 0 Å². The lowest BCUT2D eigenvalue weighted by Crippen LogP contribution is -2.32. The van der Waals surface area contributed by atoms with Gasteiger partial charge in [0.2, 0.25) is 15.9 Å². The summed E-state index contributed by atoms with van der Waals surface area (Å²) in [4.78, 5) is 13.5. The number of carbonyl (C=O) groups excluding carboxylic acids is 1. The summed E-state index contributed by atoms with van der Waals surface area (Å²) in [6, 6.07) is 7.13. The highest BCUT2D eigenvalue weighted by Gasteiger charge is 2.23. The lowest BCUT2D eigenvalue weighted by Gasteiger charge is -2.24. The van der Waals surface area contributed by atoms with Crippen LogP contribution in [-0.4, -0.2) is 47.4 Å². The zero-order valence-corrected chi connectivity index (χ0v) is 13.8. The molecule has 122 valence electrons. The Hall–Kier alpha value is -1.60. The van der Waals surface area contributed by atoms with Crippen LogP contribution in [-0.2, 0) is 19.6 Å². The van der Waals surface area contributed by atoms with Crippen molar-refractivity contribution in [3.8, 4) is 0 Å². The van der Waals surface area contributed by atoms with E-state index in [0.29, 0.717) is 38.2 Å². The molecule has 7 heteroatoms. The topological polar surface area (TPSA) is 66.9 Å². The monoisotopic (exact) mass is 326 g/mol. The average Bonchev–Trinajstić information content (AvgIpc) is 2.88. The highest BCUT2D eigenvalue weighted by molar-refractivity contribution is 7.92. The number of rotatable bonds is 7. The Labute approximate surface area is 131 Å². The fourth-order valence-corrected chi connectivity index (χ4v) is 3.53. The molecular weight excluding hydrogens is 304 g/mol. The highest BCUT2D eigenvalue weighted by Crippen LogP contribution is 2.27. The molecular formula is C15H22N2O4S. The van der Waals surface area contributed by atoms with Crippen LogP contribution in [0.1, 0.15) is 19.3 Å². The van der Waals surface area contributed by atoms with Crippen molar-refractivity contribution in [2.75, 3.05) is 42.3 Å². The highest BCUT2D eigenvalue weighted by atomic mass is 32.2. The Morgan fingerprint density at radius 1 is 1.36 bits per heavy atom. The molecule has 0 aliphatic carbocycles. The van der Waals surface area contributed by atoms with E-state index in [0.717, 1.165) is 12.1 Å². The van der Waals surface area contributed by atoms with Crippen LogP contribution in [0, 0.1) is 0 Å². The number of benzene rings is 1. The lowest BCUT2D eigenvalue weighted by molar-refractivity contribution is -0.117. The molecule has 1 amide bonds. The smallest absolute Gasteiger partial charge is 0.232 e. The third-order valence-electron chi connectivity index (χ3n) is 3.61. The van der Waals surface area contributed by atoms with Crippen LogP contribution in [0.2, 0.25) is 0 Å². The van der Waals surface area contributed by atoms with Gasteiger partial charge < -0.3 is 9.64 Å². The second-order valence-electron chi connectivity index (χ2n) is 5.35. The summed E-state index contributed by atoms with van der Waals surface area (Å²) >= 11 is 0. The molecule has 1 saturated heterocycles. The van der Waals surface area contributed by atoms with E-state index in [1.54, 1.807) is 30.2 Å². The van der Waals surface area contributed by atoms with Crippen molar-refractivity contribution in [3.05, 3.63) is 24.3 Å². The van der Waals surface area contributed by atoms with E-state index in [1.165, 1.54) is 10.6 Å². The molecule has 1 aliphatic rings. The molecule has 0 N–H and O–H groups in total. The van der Waals surface area contributed by atoms with Crippen molar-refractivity contribution in [1.82, 2.24) is 0 Å². The predicted molar refractivity (Wildman–Crippen MR) is 86.7 cm³/mol. The summed E-state index contributed by atoms with van der Waals surface area (Å²) < 4.78 is 30.4. The molecule has 0 radical (unpaired) electrons. The van der Waals surface area contributed by atoms with Gasteiger partial charge in [-0.2, -0.15) is 0 Å². The van der Waals surface area contributed by atoms with E-state index in [4.69, 9.17) is 4.74 Å². The normalized spacial score (nSPS) is 15.4. The molecule has 0 atom stereocenters. The van der Waals surface area contributed by atoms with Gasteiger partial charge in [0.1, 0.15) is 0 Å². The fourth-order valence-electron chi connectivity index (χ4n) is 2.58. The third kappa shape index (κ3) is 3.98. The van der Waals surface area contributed by atoms with Crippen LogP contribution in [0.4, 0.5) is 11.4 Å². The van der Waals surface area contributed by atoms with E-state index in [2.05, 4.69) is 0 Å². The number of ether oxygens (including phenoxy) is 1. The SMILES string of the molecule is COCCCN(c1cccc(N2CCCC2=O)c1)S(C)(=O)=O. The number of hydrogen-bond donors (Lipinski definition) is 0. The van der Waals surface area contributed by atoms with Crippen LogP contribution in [0.15, 0.2) is 24.3 Å². The molecule has 1 aliphatic heterocycles. The number of carbonyl (C=O) groups is 1.